The number of rotatable bonds is 4. The molecule has 4 heterocycles. The van der Waals surface area contributed by atoms with E-state index in [9.17, 15) is 0 Å². The van der Waals surface area contributed by atoms with Gasteiger partial charge in [0.2, 0.25) is 5.13 Å². The van der Waals surface area contributed by atoms with Crippen LogP contribution in [0, 0.1) is 0 Å². The van der Waals surface area contributed by atoms with E-state index in [0.717, 1.165) is 23.9 Å². The van der Waals surface area contributed by atoms with Crippen molar-refractivity contribution >= 4 is 16.7 Å². The van der Waals surface area contributed by atoms with Crippen LogP contribution in [-0.2, 0) is 6.42 Å². The van der Waals surface area contributed by atoms with Gasteiger partial charge in [-0.15, -0.1) is 0 Å². The third-order valence-electron chi connectivity index (χ3n) is 3.67. The Hall–Kier alpha value is -0.720. The Kier molecular flexibility index (Phi) is 3.26. The number of aromatic nitrogens is 2. The fourth-order valence-electron chi connectivity index (χ4n) is 2.59. The first-order valence-electron chi connectivity index (χ1n) is 6.38. The average molecular weight is 253 g/mol. The number of anilines is 1. The molecule has 1 aromatic heterocycles. The summed E-state index contributed by atoms with van der Waals surface area (Å²) in [6.45, 7) is 9.22. The second-order valence-corrected chi connectivity index (χ2v) is 5.49. The standard InChI is InChI=1S/C11H19N5S/c1-2-10-13-11(17-14-10)12-7-9-8-15-3-5-16(9)6-4-15/h9H,2-8H2,1H3,(H,12,13,14). The highest BCUT2D eigenvalue weighted by molar-refractivity contribution is 7.09. The number of hydrogen-bond donors (Lipinski definition) is 1. The van der Waals surface area contributed by atoms with Crippen molar-refractivity contribution in [3.05, 3.63) is 5.82 Å². The molecule has 0 spiro atoms. The van der Waals surface area contributed by atoms with Gasteiger partial charge in [-0.3, -0.25) is 9.80 Å². The summed E-state index contributed by atoms with van der Waals surface area (Å²) in [6.07, 6.45) is 0.918. The molecule has 94 valence electrons. The van der Waals surface area contributed by atoms with Gasteiger partial charge in [-0.2, -0.15) is 4.37 Å². The zero-order valence-electron chi connectivity index (χ0n) is 10.2. The van der Waals surface area contributed by atoms with Crippen LogP contribution in [0.1, 0.15) is 12.7 Å². The lowest BCUT2D eigenvalue weighted by molar-refractivity contribution is 0.0189. The Labute approximate surface area is 106 Å². The minimum Gasteiger partial charge on any atom is -0.359 e. The molecule has 1 atom stereocenters. The predicted octanol–water partition coefficient (Wildman–Crippen LogP) is 0.512. The third-order valence-corrected chi connectivity index (χ3v) is 4.38. The minimum absolute atomic E-state index is 0.645. The summed E-state index contributed by atoms with van der Waals surface area (Å²) in [5.41, 5.74) is 0. The van der Waals surface area contributed by atoms with Crippen LogP contribution in [0.25, 0.3) is 0 Å². The van der Waals surface area contributed by atoms with Crippen LogP contribution >= 0.6 is 11.5 Å². The normalized spacial score (nSPS) is 31.7. The Morgan fingerprint density at radius 1 is 1.35 bits per heavy atom. The van der Waals surface area contributed by atoms with Gasteiger partial charge >= 0.3 is 0 Å². The van der Waals surface area contributed by atoms with Crippen molar-refractivity contribution in [2.24, 2.45) is 0 Å². The van der Waals surface area contributed by atoms with Crippen molar-refractivity contribution in [3.63, 3.8) is 0 Å². The van der Waals surface area contributed by atoms with Gasteiger partial charge in [0.25, 0.3) is 0 Å². The molecule has 0 saturated carbocycles. The number of hydrogen-bond acceptors (Lipinski definition) is 6. The van der Waals surface area contributed by atoms with Gasteiger partial charge in [-0.25, -0.2) is 4.98 Å². The molecule has 3 aliphatic rings. The largest absolute Gasteiger partial charge is 0.359 e. The average Bonchev–Trinajstić information content (AvgIpc) is 2.86. The van der Waals surface area contributed by atoms with Gasteiger partial charge in [-0.1, -0.05) is 6.92 Å². The highest BCUT2D eigenvalue weighted by Gasteiger charge is 2.31. The maximum Gasteiger partial charge on any atom is 0.202 e. The van der Waals surface area contributed by atoms with Crippen molar-refractivity contribution < 1.29 is 0 Å². The van der Waals surface area contributed by atoms with Gasteiger partial charge in [0.15, 0.2) is 0 Å². The number of piperazine rings is 3. The fourth-order valence-corrected chi connectivity index (χ4v) is 3.25. The van der Waals surface area contributed by atoms with Gasteiger partial charge in [0, 0.05) is 63.3 Å². The zero-order valence-corrected chi connectivity index (χ0v) is 11.0. The van der Waals surface area contributed by atoms with Crippen molar-refractivity contribution in [1.29, 1.82) is 0 Å². The molecular formula is C11H19N5S. The molecule has 2 bridgehead atoms. The topological polar surface area (TPSA) is 44.3 Å². The van der Waals surface area contributed by atoms with E-state index < -0.39 is 0 Å². The molecule has 0 aliphatic carbocycles. The first-order valence-corrected chi connectivity index (χ1v) is 7.15. The Morgan fingerprint density at radius 3 is 2.76 bits per heavy atom. The van der Waals surface area contributed by atoms with Crippen molar-refractivity contribution in [1.82, 2.24) is 19.2 Å². The molecular weight excluding hydrogens is 234 g/mol. The Bertz CT molecular complexity index is 372. The molecule has 0 aromatic carbocycles. The van der Waals surface area contributed by atoms with E-state index in [4.69, 9.17) is 0 Å². The van der Waals surface area contributed by atoms with E-state index >= 15 is 0 Å². The highest BCUT2D eigenvalue weighted by atomic mass is 32.1. The van der Waals surface area contributed by atoms with Gasteiger partial charge in [0.05, 0.1) is 0 Å². The van der Waals surface area contributed by atoms with E-state index in [-0.39, 0.29) is 0 Å². The highest BCUT2D eigenvalue weighted by Crippen LogP contribution is 2.17. The molecule has 3 fully saturated rings. The summed E-state index contributed by atoms with van der Waals surface area (Å²) in [5, 5.41) is 4.40. The number of nitrogens with one attached hydrogen (secondary N) is 1. The zero-order chi connectivity index (χ0) is 11.7. The van der Waals surface area contributed by atoms with Crippen LogP contribution in [0.5, 0.6) is 0 Å². The lowest BCUT2D eigenvalue weighted by Gasteiger charge is -2.47. The van der Waals surface area contributed by atoms with Gasteiger partial charge in [-0.05, 0) is 0 Å². The molecule has 1 N–H and O–H groups in total. The molecule has 3 saturated heterocycles. The predicted molar refractivity (Wildman–Crippen MR) is 69.6 cm³/mol. The molecule has 4 rings (SSSR count). The van der Waals surface area contributed by atoms with Crippen molar-refractivity contribution in [2.45, 2.75) is 19.4 Å². The number of aryl methyl sites for hydroxylation is 1. The van der Waals surface area contributed by atoms with Gasteiger partial charge in [0.1, 0.15) is 5.82 Å². The molecule has 6 heteroatoms. The summed E-state index contributed by atoms with van der Waals surface area (Å²) in [5.74, 6) is 0.951. The van der Waals surface area contributed by atoms with Gasteiger partial charge < -0.3 is 5.32 Å². The summed E-state index contributed by atoms with van der Waals surface area (Å²) in [4.78, 5) is 9.59. The summed E-state index contributed by atoms with van der Waals surface area (Å²) in [6, 6.07) is 0.645. The fraction of sp³-hybridized carbons (Fsp3) is 0.818. The quantitative estimate of drug-likeness (QED) is 0.847. The van der Waals surface area contributed by atoms with E-state index in [1.807, 2.05) is 0 Å². The first kappa shape index (κ1) is 11.4. The van der Waals surface area contributed by atoms with Crippen molar-refractivity contribution in [2.75, 3.05) is 44.6 Å². The molecule has 17 heavy (non-hydrogen) atoms. The maximum absolute atomic E-state index is 4.44. The summed E-state index contributed by atoms with van der Waals surface area (Å²) in [7, 11) is 0. The van der Waals surface area contributed by atoms with E-state index in [1.54, 1.807) is 0 Å². The van der Waals surface area contributed by atoms with Crippen LogP contribution in [0.2, 0.25) is 0 Å². The van der Waals surface area contributed by atoms with E-state index in [0.29, 0.717) is 6.04 Å². The number of nitrogens with zero attached hydrogens (tertiary/aromatic N) is 4. The molecule has 1 unspecified atom stereocenters. The lowest BCUT2D eigenvalue weighted by Crippen LogP contribution is -2.62. The van der Waals surface area contributed by atoms with Crippen LogP contribution < -0.4 is 5.32 Å². The second-order valence-electron chi connectivity index (χ2n) is 4.74. The summed E-state index contributed by atoms with van der Waals surface area (Å²) < 4.78 is 4.29. The van der Waals surface area contributed by atoms with Crippen LogP contribution in [0.15, 0.2) is 0 Å². The second kappa shape index (κ2) is 4.88. The minimum atomic E-state index is 0.645. The van der Waals surface area contributed by atoms with Crippen LogP contribution in [0.4, 0.5) is 5.13 Å². The molecule has 1 aromatic rings. The van der Waals surface area contributed by atoms with Crippen molar-refractivity contribution in [3.8, 4) is 0 Å². The van der Waals surface area contributed by atoms with E-state index in [2.05, 4.69) is 31.4 Å². The van der Waals surface area contributed by atoms with E-state index in [1.165, 1.54) is 44.3 Å². The first-order chi connectivity index (χ1) is 8.35. The van der Waals surface area contributed by atoms with Crippen LogP contribution in [0.3, 0.4) is 0 Å². The lowest BCUT2D eigenvalue weighted by atomic mass is 10.1. The Balaban J connectivity index is 1.54. The molecule has 5 nitrogen and oxygen atoms in total. The third kappa shape index (κ3) is 2.43. The monoisotopic (exact) mass is 253 g/mol. The molecule has 3 aliphatic heterocycles. The smallest absolute Gasteiger partial charge is 0.202 e. The van der Waals surface area contributed by atoms with Crippen LogP contribution in [-0.4, -0.2) is 64.5 Å². The Morgan fingerprint density at radius 2 is 2.18 bits per heavy atom. The molecule has 0 amide bonds. The molecule has 0 radical (unpaired) electrons. The summed E-state index contributed by atoms with van der Waals surface area (Å²) >= 11 is 1.48. The maximum atomic E-state index is 4.44. The number of fused-ring (bicyclic) bond motifs is 3. The SMILES string of the molecule is CCc1nsc(NCC2CN3CCN2CC3)n1.